The molecule has 1 aliphatic carbocycles. The highest BCUT2D eigenvalue weighted by molar-refractivity contribution is 5.71. The SMILES string of the molecule is C=CCCC1CCC(c2ccc(-c3ccc(-c4ccc(C5CO5)c(F)c4F)cc3)cc2F)CC1. The molecule has 1 heterocycles. The van der Waals surface area contributed by atoms with E-state index in [9.17, 15) is 8.78 Å². The van der Waals surface area contributed by atoms with Crippen molar-refractivity contribution in [2.24, 2.45) is 5.92 Å². The molecule has 176 valence electrons. The predicted molar refractivity (Wildman–Crippen MR) is 130 cm³/mol. The maximum Gasteiger partial charge on any atom is 0.167 e. The molecule has 0 radical (unpaired) electrons. The topological polar surface area (TPSA) is 12.5 Å². The zero-order chi connectivity index (χ0) is 23.7. The molecule has 0 bridgehead atoms. The summed E-state index contributed by atoms with van der Waals surface area (Å²) in [5.74, 6) is -0.876. The first kappa shape index (κ1) is 22.9. The van der Waals surface area contributed by atoms with E-state index in [0.717, 1.165) is 54.7 Å². The average Bonchev–Trinajstić information content (AvgIpc) is 3.70. The third-order valence-corrected chi connectivity index (χ3v) is 7.39. The minimum atomic E-state index is -0.865. The first-order chi connectivity index (χ1) is 16.5. The van der Waals surface area contributed by atoms with Gasteiger partial charge in [-0.15, -0.1) is 6.58 Å². The van der Waals surface area contributed by atoms with Crippen molar-refractivity contribution in [1.29, 1.82) is 0 Å². The van der Waals surface area contributed by atoms with Crippen molar-refractivity contribution in [3.8, 4) is 22.3 Å². The number of ether oxygens (including phenoxy) is 1. The van der Waals surface area contributed by atoms with Crippen molar-refractivity contribution in [3.05, 3.63) is 95.8 Å². The first-order valence-corrected chi connectivity index (χ1v) is 12.2. The lowest BCUT2D eigenvalue weighted by Crippen LogP contribution is -2.14. The van der Waals surface area contributed by atoms with Crippen molar-refractivity contribution < 1.29 is 17.9 Å². The van der Waals surface area contributed by atoms with Crippen LogP contribution in [-0.2, 0) is 4.74 Å². The molecule has 1 aliphatic heterocycles. The van der Waals surface area contributed by atoms with E-state index in [4.69, 9.17) is 4.74 Å². The molecule has 2 aliphatic rings. The molecular weight excluding hydrogens is 433 g/mol. The second-order valence-corrected chi connectivity index (χ2v) is 9.55. The Morgan fingerprint density at radius 3 is 2.09 bits per heavy atom. The molecule has 0 spiro atoms. The maximum atomic E-state index is 15.1. The number of hydrogen-bond donors (Lipinski definition) is 0. The summed E-state index contributed by atoms with van der Waals surface area (Å²) in [6.07, 6.45) is 8.23. The molecule has 0 aromatic heterocycles. The highest BCUT2D eigenvalue weighted by atomic mass is 19.2. The van der Waals surface area contributed by atoms with Gasteiger partial charge in [-0.2, -0.15) is 0 Å². The minimum Gasteiger partial charge on any atom is -0.368 e. The summed E-state index contributed by atoms with van der Waals surface area (Å²) in [6, 6.07) is 15.8. The van der Waals surface area contributed by atoms with Crippen molar-refractivity contribution in [2.75, 3.05) is 6.61 Å². The monoisotopic (exact) mass is 462 g/mol. The molecule has 3 aromatic rings. The van der Waals surface area contributed by atoms with Crippen LogP contribution in [0.5, 0.6) is 0 Å². The van der Waals surface area contributed by atoms with E-state index >= 15 is 4.39 Å². The predicted octanol–water partition coefficient (Wildman–Crippen LogP) is 8.75. The van der Waals surface area contributed by atoms with Gasteiger partial charge in [0.05, 0.1) is 6.61 Å². The van der Waals surface area contributed by atoms with Crippen molar-refractivity contribution in [3.63, 3.8) is 0 Å². The number of rotatable bonds is 7. The van der Waals surface area contributed by atoms with Gasteiger partial charge < -0.3 is 4.74 Å². The quantitative estimate of drug-likeness (QED) is 0.253. The van der Waals surface area contributed by atoms with Gasteiger partial charge in [0, 0.05) is 11.1 Å². The third-order valence-electron chi connectivity index (χ3n) is 7.39. The van der Waals surface area contributed by atoms with Crippen LogP contribution in [0.25, 0.3) is 22.3 Å². The Bertz CT molecular complexity index is 1170. The highest BCUT2D eigenvalue weighted by Crippen LogP contribution is 2.40. The third kappa shape index (κ3) is 4.69. The Balaban J connectivity index is 1.30. The number of epoxide rings is 1. The van der Waals surface area contributed by atoms with Crippen molar-refractivity contribution in [2.45, 2.75) is 50.5 Å². The van der Waals surface area contributed by atoms with Gasteiger partial charge in [0.15, 0.2) is 11.6 Å². The second kappa shape index (κ2) is 9.79. The Morgan fingerprint density at radius 1 is 0.794 bits per heavy atom. The fraction of sp³-hybridized carbons (Fsp3) is 0.333. The van der Waals surface area contributed by atoms with Gasteiger partial charge in [-0.3, -0.25) is 0 Å². The summed E-state index contributed by atoms with van der Waals surface area (Å²) >= 11 is 0. The normalized spacial score (nSPS) is 21.9. The summed E-state index contributed by atoms with van der Waals surface area (Å²) in [6.45, 7) is 4.23. The van der Waals surface area contributed by atoms with Crippen LogP contribution in [0.4, 0.5) is 13.2 Å². The van der Waals surface area contributed by atoms with E-state index in [1.54, 1.807) is 30.3 Å². The van der Waals surface area contributed by atoms with Gasteiger partial charge in [-0.1, -0.05) is 54.6 Å². The Hall–Kier alpha value is -2.85. The summed E-state index contributed by atoms with van der Waals surface area (Å²) in [7, 11) is 0. The molecule has 1 unspecified atom stereocenters. The van der Waals surface area contributed by atoms with Crippen LogP contribution in [0.15, 0.2) is 67.3 Å². The second-order valence-electron chi connectivity index (χ2n) is 9.55. The number of hydrogen-bond acceptors (Lipinski definition) is 1. The zero-order valence-corrected chi connectivity index (χ0v) is 19.2. The van der Waals surface area contributed by atoms with Crippen molar-refractivity contribution >= 4 is 0 Å². The van der Waals surface area contributed by atoms with Crippen LogP contribution in [-0.4, -0.2) is 6.61 Å². The number of halogens is 3. The van der Waals surface area contributed by atoms with E-state index in [1.165, 1.54) is 6.42 Å². The van der Waals surface area contributed by atoms with Crippen LogP contribution in [0, 0.1) is 23.4 Å². The van der Waals surface area contributed by atoms with Crippen LogP contribution in [0.3, 0.4) is 0 Å². The number of benzene rings is 3. The van der Waals surface area contributed by atoms with Gasteiger partial charge in [0.1, 0.15) is 11.9 Å². The van der Waals surface area contributed by atoms with Gasteiger partial charge in [0.2, 0.25) is 0 Å². The molecule has 34 heavy (non-hydrogen) atoms. The van der Waals surface area contributed by atoms with E-state index in [0.29, 0.717) is 12.2 Å². The van der Waals surface area contributed by atoms with Gasteiger partial charge >= 0.3 is 0 Å². The first-order valence-electron chi connectivity index (χ1n) is 12.2. The van der Waals surface area contributed by atoms with E-state index in [2.05, 4.69) is 6.58 Å². The Morgan fingerprint density at radius 2 is 1.44 bits per heavy atom. The largest absolute Gasteiger partial charge is 0.368 e. The lowest BCUT2D eigenvalue weighted by molar-refractivity contribution is 0.308. The van der Waals surface area contributed by atoms with Crippen LogP contribution in [0.2, 0.25) is 0 Å². The van der Waals surface area contributed by atoms with E-state index in [-0.39, 0.29) is 29.0 Å². The van der Waals surface area contributed by atoms with Crippen LogP contribution < -0.4 is 0 Å². The summed E-state index contributed by atoms with van der Waals surface area (Å²) in [5.41, 5.74) is 3.47. The highest BCUT2D eigenvalue weighted by Gasteiger charge is 2.30. The standard InChI is InChI=1S/C30H29F3O/c1-2-3-4-19-5-7-21(8-6-19)24-14-13-23(17-27(24)31)20-9-11-22(12-10-20)25-15-16-26(28-18-34-28)30(33)29(25)32/h2,9-17,19,21,28H,1,3-8,18H2. The van der Waals surface area contributed by atoms with Gasteiger partial charge in [-0.05, 0) is 78.7 Å². The Kier molecular flexibility index (Phi) is 6.60. The molecule has 1 saturated carbocycles. The maximum absolute atomic E-state index is 15.1. The zero-order valence-electron chi connectivity index (χ0n) is 19.2. The molecule has 2 fully saturated rings. The fourth-order valence-electron chi connectivity index (χ4n) is 5.26. The molecule has 4 heteroatoms. The molecule has 1 saturated heterocycles. The fourth-order valence-corrected chi connectivity index (χ4v) is 5.26. The Labute approximate surface area is 199 Å². The van der Waals surface area contributed by atoms with E-state index in [1.807, 2.05) is 30.3 Å². The lowest BCUT2D eigenvalue weighted by Gasteiger charge is -2.29. The molecule has 5 rings (SSSR count). The molecule has 0 N–H and O–H groups in total. The van der Waals surface area contributed by atoms with Gasteiger partial charge in [-0.25, -0.2) is 13.2 Å². The molecule has 3 aromatic carbocycles. The van der Waals surface area contributed by atoms with E-state index < -0.39 is 11.6 Å². The molecule has 0 amide bonds. The van der Waals surface area contributed by atoms with Crippen LogP contribution >= 0.6 is 0 Å². The lowest BCUT2D eigenvalue weighted by atomic mass is 9.77. The summed E-state index contributed by atoms with van der Waals surface area (Å²) in [4.78, 5) is 0. The summed E-state index contributed by atoms with van der Waals surface area (Å²) in [5, 5.41) is 0. The van der Waals surface area contributed by atoms with Crippen LogP contribution in [0.1, 0.15) is 61.7 Å². The molecule has 1 atom stereocenters. The average molecular weight is 463 g/mol. The summed E-state index contributed by atoms with van der Waals surface area (Å²) < 4.78 is 49.2. The smallest absolute Gasteiger partial charge is 0.167 e. The number of allylic oxidation sites excluding steroid dienone is 1. The van der Waals surface area contributed by atoms with Crippen molar-refractivity contribution in [1.82, 2.24) is 0 Å². The molecule has 1 nitrogen and oxygen atoms in total. The van der Waals surface area contributed by atoms with Gasteiger partial charge in [0.25, 0.3) is 0 Å². The molecular formula is C30H29F3O. The minimum absolute atomic E-state index is 0.165.